The normalized spacial score (nSPS) is 15.8. The fourth-order valence-electron chi connectivity index (χ4n) is 4.91. The zero-order valence-electron chi connectivity index (χ0n) is 24.6. The summed E-state index contributed by atoms with van der Waals surface area (Å²) in [6.07, 6.45) is -3.13. The molecule has 1 aliphatic rings. The number of nitrogens with one attached hydrogen (secondary N) is 3. The van der Waals surface area contributed by atoms with Crippen LogP contribution in [0.15, 0.2) is 54.9 Å². The number of halogens is 3. The Kier molecular flexibility index (Phi) is 8.27. The molecule has 0 bridgehead atoms. The maximum atomic E-state index is 13.9. The molecule has 1 amide bonds. The van der Waals surface area contributed by atoms with Crippen LogP contribution in [0.5, 0.6) is 0 Å². The van der Waals surface area contributed by atoms with Crippen LogP contribution in [0.25, 0.3) is 5.82 Å². The van der Waals surface area contributed by atoms with Gasteiger partial charge >= 0.3 is 6.18 Å². The van der Waals surface area contributed by atoms with Crippen LogP contribution >= 0.6 is 0 Å². The highest BCUT2D eigenvalue weighted by atomic mass is 19.4. The Labute approximate surface area is 247 Å². The van der Waals surface area contributed by atoms with Crippen LogP contribution in [0.2, 0.25) is 0 Å². The number of benzene rings is 2. The number of nitrogens with zero attached hydrogens (tertiary/aromatic N) is 6. The van der Waals surface area contributed by atoms with E-state index in [4.69, 9.17) is 0 Å². The predicted octanol–water partition coefficient (Wildman–Crippen LogP) is 5.48. The number of likely N-dealkylation sites (N-methyl/N-ethyl adjacent to an activating group) is 1. The molecule has 1 fully saturated rings. The molecule has 1 aliphatic heterocycles. The lowest BCUT2D eigenvalue weighted by molar-refractivity contribution is -0.137. The second-order valence-electron chi connectivity index (χ2n) is 10.7. The quantitative estimate of drug-likeness (QED) is 0.259. The molecule has 2 aromatic heterocycles. The lowest BCUT2D eigenvalue weighted by atomic mass is 10.1. The van der Waals surface area contributed by atoms with Gasteiger partial charge in [0.25, 0.3) is 5.91 Å². The summed E-state index contributed by atoms with van der Waals surface area (Å²) in [5.41, 5.74) is 2.20. The van der Waals surface area contributed by atoms with Crippen molar-refractivity contribution in [3.05, 3.63) is 77.2 Å². The third-order valence-electron chi connectivity index (χ3n) is 7.55. The maximum absolute atomic E-state index is 13.9. The molecule has 13 heteroatoms. The lowest BCUT2D eigenvalue weighted by Gasteiger charge is -2.39. The van der Waals surface area contributed by atoms with Crippen molar-refractivity contribution < 1.29 is 18.0 Å². The minimum Gasteiger partial charge on any atom is -0.373 e. The van der Waals surface area contributed by atoms with E-state index in [1.165, 1.54) is 6.33 Å². The van der Waals surface area contributed by atoms with Crippen molar-refractivity contribution in [1.82, 2.24) is 24.6 Å². The van der Waals surface area contributed by atoms with Crippen LogP contribution in [0, 0.1) is 13.8 Å². The van der Waals surface area contributed by atoms with Gasteiger partial charge in [-0.3, -0.25) is 4.79 Å². The van der Waals surface area contributed by atoms with E-state index in [1.807, 2.05) is 38.8 Å². The number of anilines is 5. The molecule has 10 nitrogen and oxygen atoms in total. The average Bonchev–Trinajstić information content (AvgIpc) is 3.34. The number of amides is 1. The summed E-state index contributed by atoms with van der Waals surface area (Å²) < 4.78 is 43.2. The summed E-state index contributed by atoms with van der Waals surface area (Å²) in [5, 5.41) is 13.5. The summed E-state index contributed by atoms with van der Waals surface area (Å²) in [7, 11) is 3.75. The summed E-state index contributed by atoms with van der Waals surface area (Å²) >= 11 is 0. The molecule has 5 rings (SSSR count). The van der Waals surface area contributed by atoms with Gasteiger partial charge in [0.15, 0.2) is 5.82 Å². The molecule has 2 aromatic carbocycles. The Morgan fingerprint density at radius 2 is 1.81 bits per heavy atom. The number of carbonyl (C=O) groups excluding carboxylic acids is 1. The van der Waals surface area contributed by atoms with Crippen molar-refractivity contribution in [3.63, 3.8) is 0 Å². The van der Waals surface area contributed by atoms with Gasteiger partial charge in [0.2, 0.25) is 0 Å². The van der Waals surface area contributed by atoms with E-state index in [0.29, 0.717) is 41.9 Å². The maximum Gasteiger partial charge on any atom is 0.416 e. The number of carbonyl (C=O) groups is 1. The summed E-state index contributed by atoms with van der Waals surface area (Å²) in [6.45, 7) is 7.67. The van der Waals surface area contributed by atoms with E-state index < -0.39 is 17.6 Å². The molecular formula is C30H34F3N9O. The monoisotopic (exact) mass is 593 g/mol. The van der Waals surface area contributed by atoms with Gasteiger partial charge in [-0.05, 0) is 63.7 Å². The second-order valence-corrected chi connectivity index (χ2v) is 10.7. The van der Waals surface area contributed by atoms with Crippen LogP contribution in [-0.2, 0) is 6.18 Å². The molecule has 0 saturated carbocycles. The Hall–Kier alpha value is -4.65. The van der Waals surface area contributed by atoms with E-state index in [-0.39, 0.29) is 17.3 Å². The highest BCUT2D eigenvalue weighted by Crippen LogP contribution is 2.35. The Balaban J connectivity index is 1.41. The minimum absolute atomic E-state index is 0.0780. The Morgan fingerprint density at radius 3 is 2.53 bits per heavy atom. The number of hydrogen-bond donors (Lipinski definition) is 3. The third kappa shape index (κ3) is 6.72. The molecule has 3 N–H and O–H groups in total. The van der Waals surface area contributed by atoms with Gasteiger partial charge in [-0.2, -0.15) is 23.0 Å². The van der Waals surface area contributed by atoms with Crippen molar-refractivity contribution >= 4 is 34.6 Å². The molecule has 3 heterocycles. The van der Waals surface area contributed by atoms with E-state index in [0.717, 1.165) is 29.9 Å². The van der Waals surface area contributed by atoms with Gasteiger partial charge in [0.05, 0.1) is 11.3 Å². The van der Waals surface area contributed by atoms with E-state index in [1.54, 1.807) is 42.1 Å². The highest BCUT2D eigenvalue weighted by Gasteiger charge is 2.32. The largest absolute Gasteiger partial charge is 0.416 e. The van der Waals surface area contributed by atoms with Crippen LogP contribution in [-0.4, -0.2) is 70.3 Å². The Morgan fingerprint density at radius 1 is 1.02 bits per heavy atom. The van der Waals surface area contributed by atoms with Crippen molar-refractivity contribution in [2.75, 3.05) is 54.6 Å². The first-order valence-corrected chi connectivity index (χ1v) is 13.8. The first-order valence-electron chi connectivity index (χ1n) is 13.8. The first kappa shape index (κ1) is 29.8. The number of hydrogen-bond acceptors (Lipinski definition) is 8. The number of alkyl halides is 3. The zero-order chi connectivity index (χ0) is 30.9. The summed E-state index contributed by atoms with van der Waals surface area (Å²) in [5.74, 6) is 1.25. The molecule has 4 aromatic rings. The number of rotatable bonds is 7. The highest BCUT2D eigenvalue weighted by molar-refractivity contribution is 6.05. The van der Waals surface area contributed by atoms with Crippen molar-refractivity contribution in [3.8, 4) is 5.82 Å². The Bertz CT molecular complexity index is 1640. The molecule has 0 spiro atoms. The van der Waals surface area contributed by atoms with E-state index in [2.05, 4.69) is 35.9 Å². The summed E-state index contributed by atoms with van der Waals surface area (Å²) in [4.78, 5) is 25.9. The lowest BCUT2D eigenvalue weighted by Crippen LogP contribution is -2.50. The van der Waals surface area contributed by atoms with Crippen LogP contribution in [0.3, 0.4) is 0 Å². The van der Waals surface area contributed by atoms with Crippen molar-refractivity contribution in [2.45, 2.75) is 33.0 Å². The standard InChI is InChI=1S/C30H34F3N9O/c1-18-6-7-21(11-25(18)38-28-10-19(2)39-42(28)27-15-26(34-4)35-17-36-27)29(43)37-23-12-22(30(31,32)33)13-24(14-23)41-9-8-40(5)20(3)16-41/h6-7,10-15,17,20,38H,8-9,16H2,1-5H3,(H,37,43)(H,34,35,36). The minimum atomic E-state index is -4.56. The zero-order valence-corrected chi connectivity index (χ0v) is 24.6. The fourth-order valence-corrected chi connectivity index (χ4v) is 4.91. The van der Waals surface area contributed by atoms with E-state index in [9.17, 15) is 18.0 Å². The molecule has 43 heavy (non-hydrogen) atoms. The molecule has 226 valence electrons. The number of aromatic nitrogens is 4. The predicted molar refractivity (Wildman–Crippen MR) is 162 cm³/mol. The van der Waals surface area contributed by atoms with Gasteiger partial charge in [0.1, 0.15) is 18.0 Å². The van der Waals surface area contributed by atoms with Gasteiger partial charge in [-0.25, -0.2) is 9.97 Å². The SMILES string of the molecule is CNc1cc(-n2nc(C)cc2Nc2cc(C(=O)Nc3cc(N4CCN(C)C(C)C4)cc(C(F)(F)F)c3)ccc2C)ncn1. The van der Waals surface area contributed by atoms with Crippen molar-refractivity contribution in [1.29, 1.82) is 0 Å². The summed E-state index contributed by atoms with van der Waals surface area (Å²) in [6, 6.07) is 12.6. The topological polar surface area (TPSA) is 103 Å². The van der Waals surface area contributed by atoms with Crippen LogP contribution in [0.1, 0.15) is 34.1 Å². The van der Waals surface area contributed by atoms with Crippen LogP contribution < -0.4 is 20.9 Å². The fraction of sp³-hybridized carbons (Fsp3) is 0.333. The van der Waals surface area contributed by atoms with Gasteiger partial charge in [-0.1, -0.05) is 6.07 Å². The van der Waals surface area contributed by atoms with Crippen LogP contribution in [0.4, 0.5) is 41.9 Å². The third-order valence-corrected chi connectivity index (χ3v) is 7.55. The molecule has 0 aliphatic carbocycles. The first-order chi connectivity index (χ1) is 20.4. The van der Waals surface area contributed by atoms with Gasteiger partial charge < -0.3 is 25.8 Å². The number of aryl methyl sites for hydroxylation is 2. The van der Waals surface area contributed by atoms with E-state index >= 15 is 0 Å². The van der Waals surface area contributed by atoms with Crippen molar-refractivity contribution in [2.24, 2.45) is 0 Å². The average molecular weight is 594 g/mol. The number of piperazine rings is 1. The second kappa shape index (κ2) is 11.9. The smallest absolute Gasteiger partial charge is 0.373 e. The molecule has 1 saturated heterocycles. The molecule has 1 atom stereocenters. The van der Waals surface area contributed by atoms with Gasteiger partial charge in [0, 0.05) is 67.5 Å². The molecular weight excluding hydrogens is 559 g/mol. The molecule has 1 unspecified atom stereocenters. The molecule has 0 radical (unpaired) electrons. The van der Waals surface area contributed by atoms with Gasteiger partial charge in [-0.15, -0.1) is 0 Å².